The molecule has 588 valence electrons. The molecule has 0 saturated carbocycles. The number of hydrogen-bond acceptors (Lipinski definition) is 32. The number of imide groups is 1. The maximum atomic E-state index is 13.0. The van der Waals surface area contributed by atoms with Gasteiger partial charge in [0.2, 0.25) is 23.6 Å². The second kappa shape index (κ2) is 49.2. The Morgan fingerprint density at radius 2 is 1.14 bits per heavy atom. The smallest absolute Gasteiger partial charge is 0.386 e. The largest absolute Gasteiger partial charge is 0.481 e. The number of ketones is 1. The van der Waals surface area contributed by atoms with E-state index in [1.54, 1.807) is 0 Å². The number of ether oxygens (including phenoxy) is 13. The van der Waals surface area contributed by atoms with Gasteiger partial charge in [0.15, 0.2) is 17.7 Å². The number of aliphatic hydroxyl groups excluding tert-OH is 2. The highest BCUT2D eigenvalue weighted by Gasteiger charge is 2.50. The van der Waals surface area contributed by atoms with Crippen LogP contribution in [0.15, 0.2) is 12.7 Å². The Morgan fingerprint density at radius 1 is 0.657 bits per heavy atom. The first-order chi connectivity index (χ1) is 48.5. The van der Waals surface area contributed by atoms with E-state index < -0.39 is 95.7 Å². The first kappa shape index (κ1) is 90.6. The zero-order valence-electron chi connectivity index (χ0n) is 58.5. The predicted molar refractivity (Wildman–Crippen MR) is 360 cm³/mol. The van der Waals surface area contributed by atoms with Crippen LogP contribution in [-0.4, -0.2) is 310 Å². The quantitative estimate of drug-likeness (QED) is 0.0249. The number of hydrogen-bond donors (Lipinski definition) is 9. The number of carbonyl (C=O) groups excluding carboxylic acids is 5. The predicted octanol–water partition coefficient (Wildman–Crippen LogP) is 0.640. The molecule has 4 heterocycles. The number of nitrogens with one attached hydrogen (secondary N) is 2. The Balaban J connectivity index is 0.894. The molecule has 0 bridgehead atoms. The van der Waals surface area contributed by atoms with Crippen LogP contribution in [-0.2, 0) is 117 Å². The van der Waals surface area contributed by atoms with Gasteiger partial charge in [-0.3, -0.25) is 47.0 Å². The number of nitrogens with two attached hydrogens (primary N) is 1. The molecule has 10 N–H and O–H groups in total. The molecule has 0 aliphatic carbocycles. The topological polar surface area (TPSA) is 512 Å². The van der Waals surface area contributed by atoms with Crippen molar-refractivity contribution in [3.8, 4) is 0 Å². The number of imidazole rings is 1. The molecule has 0 radical (unpaired) electrons. The van der Waals surface area contributed by atoms with Crippen LogP contribution < -0.4 is 16.4 Å². The fraction of sp³-hybridized carbons (Fsp3) is 0.831. The van der Waals surface area contributed by atoms with E-state index in [0.29, 0.717) is 139 Å². The normalized spacial score (nSPS) is 19.0. The number of aliphatic hydroxyl groups is 2. The number of likely N-dealkylation sites (tertiary alicyclic amines) is 1. The highest BCUT2D eigenvalue weighted by Crippen LogP contribution is 2.61. The van der Waals surface area contributed by atoms with Gasteiger partial charge in [-0.2, -0.15) is 4.31 Å². The van der Waals surface area contributed by atoms with Crippen LogP contribution in [0.2, 0.25) is 0 Å². The van der Waals surface area contributed by atoms with Crippen LogP contribution in [0.3, 0.4) is 0 Å². The van der Waals surface area contributed by atoms with Crippen molar-refractivity contribution in [2.24, 2.45) is 10.8 Å². The maximum absolute atomic E-state index is 13.0. The minimum absolute atomic E-state index is 0.0119. The van der Waals surface area contributed by atoms with E-state index in [9.17, 15) is 67.5 Å². The zero-order valence-corrected chi connectivity index (χ0v) is 62.0. The lowest BCUT2D eigenvalue weighted by molar-refractivity contribution is -0.139. The van der Waals surface area contributed by atoms with Crippen LogP contribution in [0.4, 0.5) is 5.82 Å². The van der Waals surface area contributed by atoms with Crippen molar-refractivity contribution in [3.63, 3.8) is 0 Å². The number of fused-ring (bicyclic) bond motifs is 1. The number of amides is 4. The van der Waals surface area contributed by atoms with Gasteiger partial charge in [-0.1, -0.05) is 34.6 Å². The van der Waals surface area contributed by atoms with Gasteiger partial charge in [0.05, 0.1) is 177 Å². The second-order valence-corrected chi connectivity index (χ2v) is 30.1. The number of nitrogen functional groups attached to an aromatic ring is 1. The van der Waals surface area contributed by atoms with Gasteiger partial charge in [-0.05, 0) is 18.3 Å². The molecule has 102 heavy (non-hydrogen) atoms. The summed E-state index contributed by atoms with van der Waals surface area (Å²) in [6, 6.07) is 0. The SMILES string of the molecule is CC(C)(C)CCOCCOCCOCCOCCOCCOCCOCCOCCOCCOCCOCCOCCC(=O)CCCN1C(=O)CC(SCCNC(=O)CCNC(=O)[C@H](O)C(C)(C)COP(=O)(O)OP(=O)(O)OC[C@H]2O[C@@H](n3cnc4c(N)ncnc43)[C@@H](O)C2OP(=O)(O)O)C1=O. The van der Waals surface area contributed by atoms with Gasteiger partial charge < -0.3 is 108 Å². The highest BCUT2D eigenvalue weighted by molar-refractivity contribution is 8.00. The van der Waals surface area contributed by atoms with E-state index in [2.05, 4.69) is 55.2 Å². The molecule has 4 unspecified atom stereocenters. The van der Waals surface area contributed by atoms with Gasteiger partial charge >= 0.3 is 23.5 Å². The number of phosphoric acid groups is 3. The van der Waals surface area contributed by atoms with E-state index in [-0.39, 0.29) is 105 Å². The maximum Gasteiger partial charge on any atom is 0.481 e. The summed E-state index contributed by atoms with van der Waals surface area (Å²) in [6.45, 7) is 17.5. The standard InChI is InChI=1S/C59H105N8O31P3S/c1-58(2,3)10-15-83-17-19-85-21-23-87-25-27-89-29-31-91-33-35-93-37-36-92-34-32-90-30-28-88-26-24-86-22-20-84-18-16-82-14-9-44(68)7-6-13-66-48(70)39-46(56(66)74)102-38-12-61-47(69)8-11-62-55(73)52(72)59(4,5)41-95-101(80,81)98-100(78,79)94-40-45-51(97-99(75,76)77)50(71)57(96-45)67-43-65-49-53(60)63-42-64-54(49)67/h42-43,45-46,50-52,57,71-72H,6-41H2,1-5H3,(H,61,69)(H,62,73)(H,78,79)(H,80,81)(H2,60,63,64)(H2,75,76,77)/t45-,46?,50+,51?,52+,57-/m1/s1. The van der Waals surface area contributed by atoms with Crippen LogP contribution in [0, 0.1) is 10.8 Å². The Morgan fingerprint density at radius 3 is 1.63 bits per heavy atom. The monoisotopic (exact) mass is 1550 g/mol. The lowest BCUT2D eigenvalue weighted by Crippen LogP contribution is -2.46. The summed E-state index contributed by atoms with van der Waals surface area (Å²) in [7, 11) is -16.6. The first-order valence-corrected chi connectivity index (χ1v) is 38.9. The fourth-order valence-electron chi connectivity index (χ4n) is 8.99. The Bertz CT molecular complexity index is 2900. The molecule has 8 atom stereocenters. The summed E-state index contributed by atoms with van der Waals surface area (Å²) in [6.07, 6.45) is -5.64. The van der Waals surface area contributed by atoms with Crippen molar-refractivity contribution in [1.29, 1.82) is 0 Å². The lowest BCUT2D eigenvalue weighted by atomic mass is 9.87. The number of carbonyl (C=O) groups is 5. The average molecular weight is 1550 g/mol. The summed E-state index contributed by atoms with van der Waals surface area (Å²) in [4.78, 5) is 116. The third-order valence-corrected chi connectivity index (χ3v) is 18.8. The molecule has 2 aliphatic rings. The van der Waals surface area contributed by atoms with E-state index in [1.807, 2.05) is 0 Å². The minimum atomic E-state index is -5.63. The van der Waals surface area contributed by atoms with Crippen LogP contribution in [0.1, 0.15) is 79.4 Å². The van der Waals surface area contributed by atoms with E-state index in [1.165, 1.54) is 25.6 Å². The molecule has 2 saturated heterocycles. The van der Waals surface area contributed by atoms with Crippen molar-refractivity contribution in [3.05, 3.63) is 12.7 Å². The van der Waals surface area contributed by atoms with Gasteiger partial charge in [0, 0.05) is 63.1 Å². The summed E-state index contributed by atoms with van der Waals surface area (Å²) in [5, 5.41) is 26.0. The van der Waals surface area contributed by atoms with Crippen LogP contribution in [0.25, 0.3) is 11.2 Å². The molecule has 39 nitrogen and oxygen atoms in total. The van der Waals surface area contributed by atoms with Crippen LogP contribution in [0.5, 0.6) is 0 Å². The van der Waals surface area contributed by atoms with Gasteiger partial charge in [0.25, 0.3) is 0 Å². The first-order valence-electron chi connectivity index (χ1n) is 33.3. The summed E-state index contributed by atoms with van der Waals surface area (Å²) < 4.78 is 129. The molecule has 0 spiro atoms. The molecule has 2 fully saturated rings. The van der Waals surface area contributed by atoms with Crippen molar-refractivity contribution in [2.45, 2.75) is 109 Å². The highest BCUT2D eigenvalue weighted by atomic mass is 32.2. The number of Topliss-reactive ketones (excluding diaryl/α,β-unsaturated/α-hetero) is 1. The van der Waals surface area contributed by atoms with Crippen molar-refractivity contribution >= 4 is 81.6 Å². The molecule has 43 heteroatoms. The Labute approximate surface area is 596 Å². The Hall–Kier alpha value is -3.78. The molecule has 4 rings (SSSR count). The lowest BCUT2D eigenvalue weighted by Gasteiger charge is -2.30. The second-order valence-electron chi connectivity index (χ2n) is 24.6. The van der Waals surface area contributed by atoms with Crippen molar-refractivity contribution in [2.75, 3.05) is 203 Å². The van der Waals surface area contributed by atoms with Crippen molar-refractivity contribution < 1.29 is 147 Å². The number of nitrogens with zero attached hydrogens (tertiary/aromatic N) is 5. The summed E-state index contributed by atoms with van der Waals surface area (Å²) >= 11 is 1.17. The molecule has 2 aromatic heterocycles. The number of aromatic nitrogens is 4. The van der Waals surface area contributed by atoms with E-state index in [4.69, 9.17) is 76.4 Å². The van der Waals surface area contributed by atoms with E-state index >= 15 is 0 Å². The molecule has 2 aromatic rings. The third kappa shape index (κ3) is 38.7. The van der Waals surface area contributed by atoms with Gasteiger partial charge in [-0.25, -0.2) is 28.6 Å². The number of phosphoric ester groups is 3. The summed E-state index contributed by atoms with van der Waals surface area (Å²) in [5.41, 5.74) is 4.47. The number of rotatable bonds is 62. The van der Waals surface area contributed by atoms with E-state index in [0.717, 1.165) is 35.1 Å². The Kier molecular flexibility index (Phi) is 43.7. The van der Waals surface area contributed by atoms with Crippen molar-refractivity contribution in [1.82, 2.24) is 35.1 Å². The molecule has 2 aliphatic heterocycles. The number of anilines is 1. The molecule has 0 aromatic carbocycles. The molecule has 4 amide bonds. The average Bonchev–Trinajstić information content (AvgIpc) is 1.61. The van der Waals surface area contributed by atoms with Crippen LogP contribution >= 0.6 is 35.2 Å². The zero-order chi connectivity index (χ0) is 74.9. The minimum Gasteiger partial charge on any atom is -0.386 e. The molecular weight excluding hydrogens is 1440 g/mol. The fourth-order valence-corrected chi connectivity index (χ4v) is 12.9. The van der Waals surface area contributed by atoms with Gasteiger partial charge in [0.1, 0.15) is 42.0 Å². The van der Waals surface area contributed by atoms with Gasteiger partial charge in [-0.15, -0.1) is 11.8 Å². The number of thioether (sulfide) groups is 1. The molecular formula is C59H105N8O31P3S. The third-order valence-electron chi connectivity index (χ3n) is 14.5. The summed E-state index contributed by atoms with van der Waals surface area (Å²) in [5.74, 6) is -2.19.